The molecule has 11 nitrogen and oxygen atoms in total. The lowest BCUT2D eigenvalue weighted by Gasteiger charge is -2.18. The summed E-state index contributed by atoms with van der Waals surface area (Å²) in [6.07, 6.45) is 11.2. The Bertz CT molecular complexity index is 1580. The van der Waals surface area contributed by atoms with Crippen LogP contribution in [0.15, 0.2) is 67.4 Å². The van der Waals surface area contributed by atoms with E-state index in [0.717, 1.165) is 46.6 Å². The maximum Gasteiger partial charge on any atom is 0.321 e. The number of hydrogen-bond acceptors (Lipinski definition) is 8. The van der Waals surface area contributed by atoms with Gasteiger partial charge in [0.05, 0.1) is 23.8 Å². The van der Waals surface area contributed by atoms with Gasteiger partial charge in [0.15, 0.2) is 0 Å². The minimum absolute atomic E-state index is 0.0615. The second kappa shape index (κ2) is 11.6. The van der Waals surface area contributed by atoms with E-state index < -0.39 is 0 Å². The van der Waals surface area contributed by atoms with Gasteiger partial charge < -0.3 is 26.2 Å². The first-order valence-electron chi connectivity index (χ1n) is 13.7. The Labute approximate surface area is 237 Å². The number of pyridine rings is 2. The van der Waals surface area contributed by atoms with Crippen LogP contribution < -0.4 is 21.3 Å². The lowest BCUT2D eigenvalue weighted by molar-refractivity contribution is -0.117. The number of benzene rings is 1. The molecule has 11 heteroatoms. The molecular formula is C30H31N9O2. The molecule has 0 aliphatic carbocycles. The number of amides is 3. The molecule has 0 saturated carbocycles. The van der Waals surface area contributed by atoms with Crippen molar-refractivity contribution in [2.45, 2.75) is 32.6 Å². The molecule has 1 saturated heterocycles. The molecule has 41 heavy (non-hydrogen) atoms. The summed E-state index contributed by atoms with van der Waals surface area (Å²) in [7, 11) is 0. The molecule has 0 radical (unpaired) electrons. The fourth-order valence-corrected chi connectivity index (χ4v) is 5.15. The predicted molar refractivity (Wildman–Crippen MR) is 158 cm³/mol. The molecule has 2 aliphatic heterocycles. The zero-order chi connectivity index (χ0) is 28.2. The largest absolute Gasteiger partial charge is 0.340 e. The fourth-order valence-electron chi connectivity index (χ4n) is 5.15. The van der Waals surface area contributed by atoms with Crippen LogP contribution in [-0.2, 0) is 17.6 Å². The maximum atomic E-state index is 13.1. The van der Waals surface area contributed by atoms with Gasteiger partial charge in [-0.1, -0.05) is 0 Å². The Morgan fingerprint density at radius 1 is 1.00 bits per heavy atom. The first kappa shape index (κ1) is 26.2. The van der Waals surface area contributed by atoms with Crippen molar-refractivity contribution in [1.29, 1.82) is 0 Å². The van der Waals surface area contributed by atoms with Crippen LogP contribution >= 0.6 is 0 Å². The highest BCUT2D eigenvalue weighted by Gasteiger charge is 2.28. The van der Waals surface area contributed by atoms with Gasteiger partial charge >= 0.3 is 6.03 Å². The summed E-state index contributed by atoms with van der Waals surface area (Å²) in [5, 5.41) is 12.6. The van der Waals surface area contributed by atoms with Gasteiger partial charge in [-0.05, 0) is 79.6 Å². The van der Waals surface area contributed by atoms with E-state index in [4.69, 9.17) is 0 Å². The average Bonchev–Trinajstić information content (AvgIpc) is 3.44. The van der Waals surface area contributed by atoms with Crippen molar-refractivity contribution >= 4 is 46.5 Å². The van der Waals surface area contributed by atoms with Gasteiger partial charge in [0, 0.05) is 55.0 Å². The van der Waals surface area contributed by atoms with Crippen LogP contribution in [0.4, 0.5) is 39.3 Å². The quantitative estimate of drug-likeness (QED) is 0.278. The van der Waals surface area contributed by atoms with E-state index in [9.17, 15) is 9.59 Å². The van der Waals surface area contributed by atoms with Gasteiger partial charge in [0.25, 0.3) is 0 Å². The average molecular weight is 550 g/mol. The SMILES string of the molecule is Cc1cnc2nc1Nc1ccc(NC(=O)C[C@H]3CCN(C(=O)Nc4cccnc4)C3)c(c1)CCc1cncc(c1)N2. The first-order chi connectivity index (χ1) is 20.0. The van der Waals surface area contributed by atoms with Gasteiger partial charge in [-0.2, -0.15) is 4.98 Å². The van der Waals surface area contributed by atoms with Crippen molar-refractivity contribution in [2.75, 3.05) is 34.4 Å². The highest BCUT2D eigenvalue weighted by atomic mass is 16.2. The topological polar surface area (TPSA) is 137 Å². The van der Waals surface area contributed by atoms with E-state index in [2.05, 4.69) is 47.3 Å². The third-order valence-electron chi connectivity index (χ3n) is 7.31. The highest BCUT2D eigenvalue weighted by Crippen LogP contribution is 2.28. The van der Waals surface area contributed by atoms with Crippen molar-refractivity contribution in [3.8, 4) is 0 Å². The Kier molecular flexibility index (Phi) is 7.40. The minimum Gasteiger partial charge on any atom is -0.340 e. The van der Waals surface area contributed by atoms with Crippen molar-refractivity contribution in [1.82, 2.24) is 24.8 Å². The van der Waals surface area contributed by atoms with Gasteiger partial charge in [0.1, 0.15) is 5.82 Å². The zero-order valence-electron chi connectivity index (χ0n) is 22.7. The van der Waals surface area contributed by atoms with Crippen LogP contribution in [0.2, 0.25) is 0 Å². The standard InChI is InChI=1S/C30H31N9O2/c1-19-14-33-29-35-25-11-20(15-32-17-25)4-5-22-13-23(34-28(19)38-29)6-7-26(22)37-27(40)12-21-8-10-39(18-21)30(41)36-24-3-2-9-31-16-24/h2-3,6-7,9,11,13-17,21H,4-5,8,10,12,18H2,1H3,(H,36,41)(H,37,40)(H2,33,34,35,38)/t21-/m1/s1. The molecule has 6 bridgehead atoms. The number of hydrogen-bond donors (Lipinski definition) is 4. The third kappa shape index (κ3) is 6.40. The van der Waals surface area contributed by atoms with E-state index in [1.165, 1.54) is 0 Å². The van der Waals surface area contributed by atoms with Gasteiger partial charge in [-0.15, -0.1) is 0 Å². The van der Waals surface area contributed by atoms with Crippen molar-refractivity contribution in [2.24, 2.45) is 5.92 Å². The molecule has 0 spiro atoms. The van der Waals surface area contributed by atoms with E-state index in [1.807, 2.05) is 31.3 Å². The number of carbonyl (C=O) groups excluding carboxylic acids is 2. The monoisotopic (exact) mass is 549 g/mol. The van der Waals surface area contributed by atoms with Crippen LogP contribution in [0.3, 0.4) is 0 Å². The third-order valence-corrected chi connectivity index (χ3v) is 7.31. The first-order valence-corrected chi connectivity index (χ1v) is 13.7. The lowest BCUT2D eigenvalue weighted by Crippen LogP contribution is -2.33. The molecule has 1 aromatic carbocycles. The summed E-state index contributed by atoms with van der Waals surface area (Å²) < 4.78 is 0. The number of nitrogens with zero attached hydrogens (tertiary/aromatic N) is 5. The number of urea groups is 1. The van der Waals surface area contributed by atoms with Crippen LogP contribution in [0.25, 0.3) is 0 Å². The molecule has 1 fully saturated rings. The second-order valence-corrected chi connectivity index (χ2v) is 10.5. The summed E-state index contributed by atoms with van der Waals surface area (Å²) in [6.45, 7) is 3.10. The van der Waals surface area contributed by atoms with E-state index in [1.54, 1.807) is 41.8 Å². The lowest BCUT2D eigenvalue weighted by atomic mass is 10.0. The molecular weight excluding hydrogens is 518 g/mol. The molecule has 0 unspecified atom stereocenters. The number of likely N-dealkylation sites (tertiary alicyclic amines) is 1. The molecule has 6 rings (SSSR count). The van der Waals surface area contributed by atoms with Gasteiger partial charge in [0.2, 0.25) is 11.9 Å². The Hall–Kier alpha value is -5.06. The van der Waals surface area contributed by atoms with Crippen LogP contribution in [0, 0.1) is 12.8 Å². The van der Waals surface area contributed by atoms with Crippen LogP contribution in [0.5, 0.6) is 0 Å². The zero-order valence-corrected chi connectivity index (χ0v) is 22.7. The number of anilines is 6. The van der Waals surface area contributed by atoms with E-state index in [-0.39, 0.29) is 17.9 Å². The smallest absolute Gasteiger partial charge is 0.321 e. The summed E-state index contributed by atoms with van der Waals surface area (Å²) in [5.74, 6) is 1.22. The number of nitrogens with one attached hydrogen (secondary N) is 4. The van der Waals surface area contributed by atoms with Crippen molar-refractivity contribution in [3.05, 3.63) is 84.1 Å². The second-order valence-electron chi connectivity index (χ2n) is 10.5. The fraction of sp³-hybridized carbons (Fsp3) is 0.267. The van der Waals surface area contributed by atoms with Crippen molar-refractivity contribution in [3.63, 3.8) is 0 Å². The van der Waals surface area contributed by atoms with Crippen molar-refractivity contribution < 1.29 is 9.59 Å². The van der Waals surface area contributed by atoms with Gasteiger partial charge in [-0.3, -0.25) is 14.8 Å². The minimum atomic E-state index is -0.171. The summed E-state index contributed by atoms with van der Waals surface area (Å²) in [6, 6.07) is 11.4. The van der Waals surface area contributed by atoms with Crippen LogP contribution in [-0.4, -0.2) is 49.9 Å². The number of carbonyl (C=O) groups is 2. The summed E-state index contributed by atoms with van der Waals surface area (Å²) in [5.41, 5.74) is 6.11. The normalized spacial score (nSPS) is 15.8. The predicted octanol–water partition coefficient (Wildman–Crippen LogP) is 5.04. The van der Waals surface area contributed by atoms with E-state index >= 15 is 0 Å². The highest BCUT2D eigenvalue weighted by molar-refractivity contribution is 5.92. The molecule has 5 heterocycles. The molecule has 3 aromatic heterocycles. The Balaban J connectivity index is 1.15. The number of fused-ring (bicyclic) bond motifs is 6. The molecule has 3 amide bonds. The molecule has 4 N–H and O–H groups in total. The van der Waals surface area contributed by atoms with Crippen LogP contribution in [0.1, 0.15) is 29.5 Å². The molecule has 4 aromatic rings. The molecule has 208 valence electrons. The number of aryl methyl sites for hydroxylation is 3. The Morgan fingerprint density at radius 2 is 1.93 bits per heavy atom. The molecule has 1 atom stereocenters. The molecule has 2 aliphatic rings. The maximum absolute atomic E-state index is 13.1. The number of rotatable bonds is 4. The summed E-state index contributed by atoms with van der Waals surface area (Å²) >= 11 is 0. The van der Waals surface area contributed by atoms with E-state index in [0.29, 0.717) is 43.4 Å². The summed E-state index contributed by atoms with van der Waals surface area (Å²) in [4.78, 5) is 45.0. The van der Waals surface area contributed by atoms with Gasteiger partial charge in [-0.25, -0.2) is 9.78 Å². The Morgan fingerprint density at radius 3 is 2.80 bits per heavy atom. The number of aromatic nitrogens is 4.